The number of aryl methyl sites for hydroxylation is 1. The molecule has 8 nitrogen and oxygen atoms in total. The number of nitrogens with zero attached hydrogens (tertiary/aromatic N) is 3. The van der Waals surface area contributed by atoms with Crippen LogP contribution in [0, 0.1) is 10.1 Å². The molecule has 1 saturated heterocycles. The molecule has 8 heteroatoms. The molecule has 2 aromatic rings. The first kappa shape index (κ1) is 17.1. The number of hydrogen-bond acceptors (Lipinski definition) is 5. The van der Waals surface area contributed by atoms with Crippen LogP contribution in [0.15, 0.2) is 36.7 Å². The summed E-state index contributed by atoms with van der Waals surface area (Å²) in [6.45, 7) is 3.39. The smallest absolute Gasteiger partial charge is 0.270 e. The van der Waals surface area contributed by atoms with Crippen LogP contribution in [0.5, 0.6) is 0 Å². The average Bonchev–Trinajstić information content (AvgIpc) is 3.11. The largest absolute Gasteiger partial charge is 0.371 e. The monoisotopic (exact) mass is 344 g/mol. The molecule has 1 aromatic carbocycles. The Morgan fingerprint density at radius 1 is 1.52 bits per heavy atom. The lowest BCUT2D eigenvalue weighted by Gasteiger charge is -2.31. The van der Waals surface area contributed by atoms with Gasteiger partial charge in [0.25, 0.3) is 11.6 Å². The van der Waals surface area contributed by atoms with Crippen LogP contribution >= 0.6 is 0 Å². The van der Waals surface area contributed by atoms with E-state index in [1.54, 1.807) is 12.3 Å². The highest BCUT2D eigenvalue weighted by atomic mass is 16.6. The van der Waals surface area contributed by atoms with Gasteiger partial charge in [0.05, 0.1) is 17.2 Å². The first-order valence-electron chi connectivity index (χ1n) is 8.27. The summed E-state index contributed by atoms with van der Waals surface area (Å²) in [7, 11) is 0. The summed E-state index contributed by atoms with van der Waals surface area (Å²) < 4.78 is 7.67. The summed E-state index contributed by atoms with van der Waals surface area (Å²) in [5.41, 5.74) is 1.09. The van der Waals surface area contributed by atoms with Crippen molar-refractivity contribution in [1.29, 1.82) is 0 Å². The molecular weight excluding hydrogens is 324 g/mol. The zero-order chi connectivity index (χ0) is 17.8. The Labute approximate surface area is 144 Å². The first-order valence-corrected chi connectivity index (χ1v) is 8.27. The van der Waals surface area contributed by atoms with Gasteiger partial charge < -0.3 is 10.1 Å². The number of benzene rings is 1. The number of carbonyl (C=O) groups excluding carboxylic acids is 1. The van der Waals surface area contributed by atoms with Crippen LogP contribution in [0.4, 0.5) is 5.69 Å². The third kappa shape index (κ3) is 3.85. The number of non-ortho nitro benzene ring substituents is 1. The summed E-state index contributed by atoms with van der Waals surface area (Å²) in [6, 6.07) is 5.52. The second kappa shape index (κ2) is 7.43. The Balaban J connectivity index is 1.76. The van der Waals surface area contributed by atoms with E-state index in [1.165, 1.54) is 18.2 Å². The molecule has 0 spiro atoms. The molecule has 0 bridgehead atoms. The Hall–Kier alpha value is -2.74. The molecule has 2 heterocycles. The van der Waals surface area contributed by atoms with Crippen LogP contribution in [-0.4, -0.2) is 33.3 Å². The van der Waals surface area contributed by atoms with E-state index in [0.29, 0.717) is 6.61 Å². The number of rotatable bonds is 5. The lowest BCUT2D eigenvalue weighted by molar-refractivity contribution is -0.384. The van der Waals surface area contributed by atoms with Gasteiger partial charge in [-0.05, 0) is 25.8 Å². The maximum absolute atomic E-state index is 12.5. The van der Waals surface area contributed by atoms with Crippen molar-refractivity contribution in [1.82, 2.24) is 15.1 Å². The summed E-state index contributed by atoms with van der Waals surface area (Å²) in [6.07, 6.45) is 5.03. The van der Waals surface area contributed by atoms with Gasteiger partial charge >= 0.3 is 0 Å². The van der Waals surface area contributed by atoms with E-state index in [9.17, 15) is 14.9 Å². The standard InChI is InChI=1S/C17H20N4O4/c1-2-20-11-13(10-18-20)16-15(7-4-8-25-16)19-17(22)12-5-3-6-14(9-12)21(23)24/h3,5-6,9-11,15-16H,2,4,7-8H2,1H3,(H,19,22)/t15-,16+/m1/s1. The fourth-order valence-corrected chi connectivity index (χ4v) is 2.97. The number of amides is 1. The number of nitro benzene ring substituents is 1. The molecule has 1 fully saturated rings. The molecule has 2 atom stereocenters. The molecule has 132 valence electrons. The zero-order valence-electron chi connectivity index (χ0n) is 13.9. The van der Waals surface area contributed by atoms with Gasteiger partial charge in [-0.2, -0.15) is 5.10 Å². The van der Waals surface area contributed by atoms with E-state index < -0.39 is 4.92 Å². The molecule has 0 radical (unpaired) electrons. The number of hydrogen-bond donors (Lipinski definition) is 1. The van der Waals surface area contributed by atoms with Gasteiger partial charge in [-0.1, -0.05) is 6.07 Å². The first-order chi connectivity index (χ1) is 12.1. The molecule has 0 saturated carbocycles. The quantitative estimate of drug-likeness (QED) is 0.663. The van der Waals surface area contributed by atoms with Gasteiger partial charge in [0.1, 0.15) is 6.10 Å². The van der Waals surface area contributed by atoms with Crippen molar-refractivity contribution in [3.05, 3.63) is 57.9 Å². The molecule has 3 rings (SSSR count). The average molecular weight is 344 g/mol. The Morgan fingerprint density at radius 2 is 2.36 bits per heavy atom. The van der Waals surface area contributed by atoms with Crippen molar-refractivity contribution >= 4 is 11.6 Å². The van der Waals surface area contributed by atoms with Crippen molar-refractivity contribution in [3.63, 3.8) is 0 Å². The highest BCUT2D eigenvalue weighted by Gasteiger charge is 2.30. The van der Waals surface area contributed by atoms with E-state index in [4.69, 9.17) is 4.74 Å². The van der Waals surface area contributed by atoms with Crippen molar-refractivity contribution in [2.24, 2.45) is 0 Å². The lowest BCUT2D eigenvalue weighted by atomic mass is 9.97. The summed E-state index contributed by atoms with van der Waals surface area (Å²) >= 11 is 0. The van der Waals surface area contributed by atoms with Crippen LogP contribution in [0.3, 0.4) is 0 Å². The normalized spacial score (nSPS) is 20.2. The minimum Gasteiger partial charge on any atom is -0.371 e. The predicted molar refractivity (Wildman–Crippen MR) is 90.2 cm³/mol. The fraction of sp³-hybridized carbons (Fsp3) is 0.412. The SMILES string of the molecule is CCn1cc([C@@H]2OCCC[C@H]2NC(=O)c2cccc([N+](=O)[O-])c2)cn1. The van der Waals surface area contributed by atoms with Gasteiger partial charge in [0.15, 0.2) is 0 Å². The fourth-order valence-electron chi connectivity index (χ4n) is 2.97. The molecule has 1 amide bonds. The van der Waals surface area contributed by atoms with E-state index >= 15 is 0 Å². The van der Waals surface area contributed by atoms with Gasteiger partial charge in [-0.25, -0.2) is 0 Å². The van der Waals surface area contributed by atoms with Gasteiger partial charge in [0, 0.05) is 42.6 Å². The molecule has 1 aromatic heterocycles. The van der Waals surface area contributed by atoms with Crippen molar-refractivity contribution in [2.75, 3.05) is 6.61 Å². The summed E-state index contributed by atoms with van der Waals surface area (Å²) in [5, 5.41) is 18.1. The van der Waals surface area contributed by atoms with Gasteiger partial charge in [-0.3, -0.25) is 19.6 Å². The molecule has 1 N–H and O–H groups in total. The highest BCUT2D eigenvalue weighted by molar-refractivity contribution is 5.95. The Kier molecular flexibility index (Phi) is 5.08. The molecule has 0 unspecified atom stereocenters. The van der Waals surface area contributed by atoms with Crippen LogP contribution in [-0.2, 0) is 11.3 Å². The maximum atomic E-state index is 12.5. The number of carbonyl (C=O) groups is 1. The minimum atomic E-state index is -0.511. The third-order valence-electron chi connectivity index (χ3n) is 4.26. The summed E-state index contributed by atoms with van der Waals surface area (Å²) in [4.78, 5) is 22.9. The molecule has 25 heavy (non-hydrogen) atoms. The second-order valence-electron chi connectivity index (χ2n) is 5.95. The molecular formula is C17H20N4O4. The number of ether oxygens (including phenoxy) is 1. The number of aromatic nitrogens is 2. The topological polar surface area (TPSA) is 99.3 Å². The van der Waals surface area contributed by atoms with Crippen LogP contribution in [0.1, 0.15) is 41.8 Å². The second-order valence-corrected chi connectivity index (χ2v) is 5.95. The zero-order valence-corrected chi connectivity index (χ0v) is 13.9. The Bertz CT molecular complexity index is 774. The van der Waals surface area contributed by atoms with Crippen molar-refractivity contribution < 1.29 is 14.5 Å². The molecule has 1 aliphatic rings. The van der Waals surface area contributed by atoms with E-state index in [-0.39, 0.29) is 29.3 Å². The third-order valence-corrected chi connectivity index (χ3v) is 4.26. The minimum absolute atomic E-state index is 0.103. The highest BCUT2D eigenvalue weighted by Crippen LogP contribution is 2.28. The van der Waals surface area contributed by atoms with Gasteiger partial charge in [-0.15, -0.1) is 0 Å². The van der Waals surface area contributed by atoms with E-state index in [1.807, 2.05) is 17.8 Å². The van der Waals surface area contributed by atoms with Crippen LogP contribution in [0.2, 0.25) is 0 Å². The Morgan fingerprint density at radius 3 is 3.08 bits per heavy atom. The number of nitro groups is 1. The molecule has 0 aliphatic carbocycles. The predicted octanol–water partition coefficient (Wildman–Crippen LogP) is 2.46. The lowest BCUT2D eigenvalue weighted by Crippen LogP contribution is -2.42. The van der Waals surface area contributed by atoms with Crippen molar-refractivity contribution in [2.45, 2.75) is 38.5 Å². The molecule has 1 aliphatic heterocycles. The van der Waals surface area contributed by atoms with Crippen LogP contribution in [0.25, 0.3) is 0 Å². The maximum Gasteiger partial charge on any atom is 0.270 e. The van der Waals surface area contributed by atoms with Gasteiger partial charge in [0.2, 0.25) is 0 Å². The summed E-state index contributed by atoms with van der Waals surface area (Å²) in [5.74, 6) is -0.341. The van der Waals surface area contributed by atoms with E-state index in [2.05, 4.69) is 10.4 Å². The number of nitrogens with one attached hydrogen (secondary N) is 1. The van der Waals surface area contributed by atoms with Crippen LogP contribution < -0.4 is 5.32 Å². The van der Waals surface area contributed by atoms with Crippen molar-refractivity contribution in [3.8, 4) is 0 Å². The van der Waals surface area contributed by atoms with E-state index in [0.717, 1.165) is 24.9 Å².